The van der Waals surface area contributed by atoms with E-state index >= 15 is 0 Å². The molecule has 1 fully saturated rings. The van der Waals surface area contributed by atoms with Crippen LogP contribution in [0.1, 0.15) is 12.5 Å². The van der Waals surface area contributed by atoms with Gasteiger partial charge in [-0.15, -0.1) is 0 Å². The lowest BCUT2D eigenvalue weighted by molar-refractivity contribution is 0.260. The van der Waals surface area contributed by atoms with Gasteiger partial charge in [-0.2, -0.15) is 0 Å². The molecule has 1 atom stereocenters. The van der Waals surface area contributed by atoms with Gasteiger partial charge in [0.25, 0.3) is 0 Å². The first kappa shape index (κ1) is 14.9. The topological polar surface area (TPSA) is 90.5 Å². The van der Waals surface area contributed by atoms with Crippen LogP contribution in [0.15, 0.2) is 24.4 Å². The predicted molar refractivity (Wildman–Crippen MR) is 89.6 cm³/mol. The van der Waals surface area contributed by atoms with E-state index in [0.29, 0.717) is 25.4 Å². The van der Waals surface area contributed by atoms with Crippen LogP contribution in [-0.4, -0.2) is 50.3 Å². The van der Waals surface area contributed by atoms with Crippen LogP contribution in [0, 0.1) is 5.92 Å². The van der Waals surface area contributed by atoms with Gasteiger partial charge in [0.1, 0.15) is 11.4 Å². The Bertz CT molecular complexity index is 802. The van der Waals surface area contributed by atoms with Gasteiger partial charge in [-0.3, -0.25) is 0 Å². The maximum absolute atomic E-state index is 12.0. The normalized spacial score (nSPS) is 19.9. The maximum atomic E-state index is 12.0. The van der Waals surface area contributed by atoms with Crippen LogP contribution >= 0.6 is 0 Å². The number of hydrogen-bond acceptors (Lipinski definition) is 4. The van der Waals surface area contributed by atoms with Gasteiger partial charge in [0.05, 0.1) is 6.20 Å². The fraction of sp³-hybridized carbons (Fsp3) is 0.357. The molecule has 0 saturated carbocycles. The minimum Gasteiger partial charge on any atom is -0.531 e. The molecule has 2 aromatic rings. The Morgan fingerprint density at radius 3 is 3.22 bits per heavy atom. The van der Waals surface area contributed by atoms with Gasteiger partial charge in [-0.05, 0) is 17.6 Å². The van der Waals surface area contributed by atoms with Crippen molar-refractivity contribution in [3.05, 3.63) is 30.0 Å². The van der Waals surface area contributed by atoms with Gasteiger partial charge in [0, 0.05) is 42.7 Å². The second kappa shape index (κ2) is 5.75. The Balaban J connectivity index is 1.65. The molecule has 2 aliphatic heterocycles. The van der Waals surface area contributed by atoms with Gasteiger partial charge < -0.3 is 14.7 Å². The van der Waals surface area contributed by atoms with E-state index in [1.807, 2.05) is 23.5 Å². The standard InChI is InChI=1S/C14H17BN4O3S/c1-2-18-23(21)19-7-9(8-19)11-5-15(20)22-12-6-17-14-10(13(11)12)3-4-16-14/h3-6,9,18,20H,2,7-8H2,1H3,(H,16,17). The van der Waals surface area contributed by atoms with Gasteiger partial charge in [-0.25, -0.2) is 18.2 Å². The third-order valence-electron chi connectivity index (χ3n) is 4.20. The van der Waals surface area contributed by atoms with Crippen LogP contribution in [0.4, 0.5) is 0 Å². The number of pyridine rings is 1. The molecular weight excluding hydrogens is 315 g/mol. The molecule has 3 N–H and O–H groups in total. The molecule has 1 unspecified atom stereocenters. The zero-order valence-corrected chi connectivity index (χ0v) is 13.5. The Kier molecular flexibility index (Phi) is 3.72. The molecule has 4 heterocycles. The van der Waals surface area contributed by atoms with Gasteiger partial charge in [-0.1, -0.05) is 6.92 Å². The number of hydrogen-bond donors (Lipinski definition) is 3. The quantitative estimate of drug-likeness (QED) is 0.711. The molecule has 0 spiro atoms. The lowest BCUT2D eigenvalue weighted by Crippen LogP contribution is -2.51. The lowest BCUT2D eigenvalue weighted by Gasteiger charge is -2.40. The molecule has 2 aromatic heterocycles. The van der Waals surface area contributed by atoms with Gasteiger partial charge in [0.2, 0.25) is 0 Å². The monoisotopic (exact) mass is 332 g/mol. The number of aromatic amines is 1. The summed E-state index contributed by atoms with van der Waals surface area (Å²) < 4.78 is 22.2. The van der Waals surface area contributed by atoms with Crippen molar-refractivity contribution in [2.24, 2.45) is 5.92 Å². The van der Waals surface area contributed by atoms with Crippen molar-refractivity contribution in [1.82, 2.24) is 19.0 Å². The summed E-state index contributed by atoms with van der Waals surface area (Å²) in [6, 6.07) is 1.96. The van der Waals surface area contributed by atoms with Crippen molar-refractivity contribution in [3.63, 3.8) is 0 Å². The summed E-state index contributed by atoms with van der Waals surface area (Å²) in [5.41, 5.74) is 2.80. The highest BCUT2D eigenvalue weighted by Crippen LogP contribution is 2.41. The zero-order valence-electron chi connectivity index (χ0n) is 12.7. The van der Waals surface area contributed by atoms with Crippen molar-refractivity contribution < 1.29 is 13.9 Å². The second-order valence-electron chi connectivity index (χ2n) is 5.66. The van der Waals surface area contributed by atoms with Crippen molar-refractivity contribution in [2.45, 2.75) is 6.92 Å². The van der Waals surface area contributed by atoms with Crippen molar-refractivity contribution >= 4 is 34.9 Å². The van der Waals surface area contributed by atoms with E-state index in [1.165, 1.54) is 0 Å². The minimum atomic E-state index is -1.15. The number of aromatic nitrogens is 2. The molecule has 23 heavy (non-hydrogen) atoms. The van der Waals surface area contributed by atoms with Crippen LogP contribution in [0.3, 0.4) is 0 Å². The minimum absolute atomic E-state index is 0.218. The summed E-state index contributed by atoms with van der Waals surface area (Å²) in [5, 5.41) is 10.9. The average molecular weight is 332 g/mol. The molecular formula is C14H17BN4O3S. The van der Waals surface area contributed by atoms with Gasteiger partial charge >= 0.3 is 7.12 Å². The van der Waals surface area contributed by atoms with E-state index < -0.39 is 18.3 Å². The Hall–Kier alpha value is -1.68. The molecule has 2 aliphatic rings. The molecule has 1 saturated heterocycles. The van der Waals surface area contributed by atoms with Crippen LogP contribution in [0.25, 0.3) is 16.6 Å². The maximum Gasteiger partial charge on any atom is 0.552 e. The summed E-state index contributed by atoms with van der Waals surface area (Å²) in [6.07, 6.45) is 3.48. The number of H-pyrrole nitrogens is 1. The third-order valence-corrected chi connectivity index (χ3v) is 5.50. The molecule has 0 aromatic carbocycles. The van der Waals surface area contributed by atoms with E-state index in [1.54, 1.807) is 12.2 Å². The molecule has 4 rings (SSSR count). The second-order valence-corrected chi connectivity index (χ2v) is 6.96. The van der Waals surface area contributed by atoms with Crippen LogP contribution < -0.4 is 9.38 Å². The summed E-state index contributed by atoms with van der Waals surface area (Å²) in [5.74, 6) is 2.55. The first-order chi connectivity index (χ1) is 11.2. The molecule has 120 valence electrons. The third kappa shape index (κ3) is 2.49. The first-order valence-electron chi connectivity index (χ1n) is 7.60. The fourth-order valence-electron chi connectivity index (χ4n) is 3.10. The molecule has 9 heteroatoms. The number of nitrogens with one attached hydrogen (secondary N) is 2. The zero-order chi connectivity index (χ0) is 16.0. The van der Waals surface area contributed by atoms with E-state index in [2.05, 4.69) is 14.7 Å². The molecule has 7 nitrogen and oxygen atoms in total. The average Bonchev–Trinajstić information content (AvgIpc) is 2.93. The number of fused-ring (bicyclic) bond motifs is 3. The molecule has 0 radical (unpaired) electrons. The first-order valence-corrected chi connectivity index (χ1v) is 8.71. The predicted octanol–water partition coefficient (Wildman–Crippen LogP) is 0.478. The molecule has 0 aliphatic carbocycles. The highest BCUT2D eigenvalue weighted by Gasteiger charge is 2.38. The summed E-state index contributed by atoms with van der Waals surface area (Å²) in [7, 11) is -0.969. The Labute approximate surface area is 136 Å². The summed E-state index contributed by atoms with van der Waals surface area (Å²) in [4.78, 5) is 7.40. The van der Waals surface area contributed by atoms with Crippen molar-refractivity contribution in [3.8, 4) is 5.75 Å². The Morgan fingerprint density at radius 2 is 2.43 bits per heavy atom. The molecule has 0 bridgehead atoms. The smallest absolute Gasteiger partial charge is 0.531 e. The highest BCUT2D eigenvalue weighted by molar-refractivity contribution is 7.80. The van der Waals surface area contributed by atoms with Crippen LogP contribution in [-0.2, 0) is 11.2 Å². The molecule has 0 amide bonds. The van der Waals surface area contributed by atoms with E-state index in [4.69, 9.17) is 4.65 Å². The van der Waals surface area contributed by atoms with E-state index in [0.717, 1.165) is 22.2 Å². The fourth-order valence-corrected chi connectivity index (χ4v) is 4.16. The Morgan fingerprint density at radius 1 is 1.61 bits per heavy atom. The summed E-state index contributed by atoms with van der Waals surface area (Å²) >= 11 is -1.15. The van der Waals surface area contributed by atoms with Crippen LogP contribution in [0.2, 0.25) is 0 Å². The number of rotatable bonds is 4. The largest absolute Gasteiger partial charge is 0.552 e. The summed E-state index contributed by atoms with van der Waals surface area (Å²) in [6.45, 7) is 3.97. The van der Waals surface area contributed by atoms with Crippen molar-refractivity contribution in [1.29, 1.82) is 0 Å². The lowest BCUT2D eigenvalue weighted by atomic mass is 9.75. The van der Waals surface area contributed by atoms with Crippen LogP contribution in [0.5, 0.6) is 5.75 Å². The number of nitrogens with zero attached hydrogens (tertiary/aromatic N) is 2. The van der Waals surface area contributed by atoms with E-state index in [-0.39, 0.29) is 5.92 Å². The van der Waals surface area contributed by atoms with Gasteiger partial charge in [0.15, 0.2) is 11.2 Å². The van der Waals surface area contributed by atoms with Crippen molar-refractivity contribution in [2.75, 3.05) is 19.6 Å². The SMILES string of the molecule is CCNS(=O)N1CC(C2=CB(O)Oc3cnc4[nH]ccc4c32)C1. The van der Waals surface area contributed by atoms with E-state index in [9.17, 15) is 9.23 Å². The highest BCUT2D eigenvalue weighted by atomic mass is 32.2.